The zero-order valence-corrected chi connectivity index (χ0v) is 12.3. The molecule has 0 aliphatic heterocycles. The Balaban J connectivity index is 2.66. The topological polar surface area (TPSA) is 105 Å². The fraction of sp³-hybridized carbons (Fsp3) is 0.357. The van der Waals surface area contributed by atoms with Crippen molar-refractivity contribution in [2.24, 2.45) is 5.73 Å². The molecule has 4 N–H and O–H groups in total. The van der Waals surface area contributed by atoms with Crippen LogP contribution in [0.2, 0.25) is 0 Å². The van der Waals surface area contributed by atoms with Crippen LogP contribution in [-0.4, -0.2) is 42.9 Å². The van der Waals surface area contributed by atoms with Crippen molar-refractivity contribution in [3.8, 4) is 0 Å². The van der Waals surface area contributed by atoms with Crippen LogP contribution in [0.5, 0.6) is 0 Å². The fourth-order valence-corrected chi connectivity index (χ4v) is 1.86. The van der Waals surface area contributed by atoms with E-state index in [1.54, 1.807) is 45.3 Å². The quantitative estimate of drug-likeness (QED) is 0.714. The smallest absolute Gasteiger partial charge is 0.312 e. The zero-order valence-electron chi connectivity index (χ0n) is 12.3. The largest absolute Gasteiger partial charge is 0.355 e. The van der Waals surface area contributed by atoms with Crippen LogP contribution >= 0.6 is 0 Å². The highest BCUT2D eigenvalue weighted by atomic mass is 16.2. The van der Waals surface area contributed by atoms with Gasteiger partial charge >= 0.3 is 6.03 Å². The van der Waals surface area contributed by atoms with Crippen LogP contribution in [0, 0.1) is 0 Å². The van der Waals surface area contributed by atoms with Crippen LogP contribution in [-0.2, 0) is 11.3 Å². The number of benzene rings is 1. The first-order valence-corrected chi connectivity index (χ1v) is 6.47. The predicted molar refractivity (Wildman–Crippen MR) is 78.5 cm³/mol. The Morgan fingerprint density at radius 1 is 1.24 bits per heavy atom. The van der Waals surface area contributed by atoms with Gasteiger partial charge in [-0.3, -0.25) is 9.59 Å². The molecule has 4 amide bonds. The van der Waals surface area contributed by atoms with Gasteiger partial charge in [-0.2, -0.15) is 0 Å². The third-order valence-corrected chi connectivity index (χ3v) is 2.97. The summed E-state index contributed by atoms with van der Waals surface area (Å²) in [6.07, 6.45) is 0. The monoisotopic (exact) mass is 292 g/mol. The summed E-state index contributed by atoms with van der Waals surface area (Å²) in [4.78, 5) is 35.6. The molecule has 0 unspecified atom stereocenters. The van der Waals surface area contributed by atoms with Crippen molar-refractivity contribution in [2.75, 3.05) is 14.1 Å². The van der Waals surface area contributed by atoms with Gasteiger partial charge in [0.2, 0.25) is 5.91 Å². The standard InChI is InChI=1S/C14H20N4O3/c1-9(17-14(15)21)13(20)18(3)8-10-4-6-11(7-5-10)12(19)16-2/h4-7,9H,8H2,1-3H3,(H,16,19)(H3,15,17,21)/t9-/m0/s1. The van der Waals surface area contributed by atoms with Crippen molar-refractivity contribution in [3.63, 3.8) is 0 Å². The minimum absolute atomic E-state index is 0.162. The number of nitrogens with zero attached hydrogens (tertiary/aromatic N) is 1. The van der Waals surface area contributed by atoms with Gasteiger partial charge in [0.05, 0.1) is 0 Å². The van der Waals surface area contributed by atoms with Gasteiger partial charge in [0.1, 0.15) is 6.04 Å². The molecule has 0 spiro atoms. The lowest BCUT2D eigenvalue weighted by Crippen LogP contribution is -2.47. The minimum atomic E-state index is -0.737. The molecule has 0 bridgehead atoms. The summed E-state index contributed by atoms with van der Waals surface area (Å²) in [6, 6.07) is 5.52. The first-order chi connectivity index (χ1) is 9.85. The second-order valence-corrected chi connectivity index (χ2v) is 4.70. The second kappa shape index (κ2) is 7.28. The molecule has 0 aromatic heterocycles. The molecule has 1 rings (SSSR count). The molecule has 7 nitrogen and oxygen atoms in total. The van der Waals surface area contributed by atoms with Crippen LogP contribution in [0.25, 0.3) is 0 Å². The molecule has 114 valence electrons. The van der Waals surface area contributed by atoms with Crippen molar-refractivity contribution in [3.05, 3.63) is 35.4 Å². The van der Waals surface area contributed by atoms with E-state index in [0.717, 1.165) is 5.56 Å². The van der Waals surface area contributed by atoms with Crippen LogP contribution in [0.3, 0.4) is 0 Å². The molecule has 0 saturated heterocycles. The lowest BCUT2D eigenvalue weighted by atomic mass is 10.1. The zero-order chi connectivity index (χ0) is 16.0. The van der Waals surface area contributed by atoms with Crippen LogP contribution < -0.4 is 16.4 Å². The normalized spacial score (nSPS) is 11.4. The number of nitrogens with two attached hydrogens (primary N) is 1. The molecule has 0 saturated carbocycles. The third-order valence-electron chi connectivity index (χ3n) is 2.97. The van der Waals surface area contributed by atoms with Crippen molar-refractivity contribution >= 4 is 17.8 Å². The number of nitrogens with one attached hydrogen (secondary N) is 2. The Morgan fingerprint density at radius 2 is 1.81 bits per heavy atom. The highest BCUT2D eigenvalue weighted by molar-refractivity contribution is 5.94. The van der Waals surface area contributed by atoms with Gasteiger partial charge in [0.15, 0.2) is 0 Å². The number of amides is 4. The number of carbonyl (C=O) groups excluding carboxylic acids is 3. The molecule has 1 aromatic rings. The van der Waals surface area contributed by atoms with Crippen LogP contribution in [0.4, 0.5) is 4.79 Å². The summed E-state index contributed by atoms with van der Waals surface area (Å²) in [5.41, 5.74) is 6.42. The van der Waals surface area contributed by atoms with Gasteiger partial charge in [-0.05, 0) is 24.6 Å². The first kappa shape index (κ1) is 16.5. The van der Waals surface area contributed by atoms with Crippen LogP contribution in [0.1, 0.15) is 22.8 Å². The van der Waals surface area contributed by atoms with Crippen molar-refractivity contribution in [1.29, 1.82) is 0 Å². The van der Waals surface area contributed by atoms with E-state index in [4.69, 9.17) is 5.73 Å². The van der Waals surface area contributed by atoms with E-state index in [2.05, 4.69) is 10.6 Å². The molecule has 0 radical (unpaired) electrons. The maximum absolute atomic E-state index is 12.0. The molecule has 1 aromatic carbocycles. The Labute approximate surface area is 123 Å². The predicted octanol–water partition coefficient (Wildman–Crippen LogP) is 0.0614. The van der Waals surface area contributed by atoms with Crippen LogP contribution in [0.15, 0.2) is 24.3 Å². The molecular weight excluding hydrogens is 272 g/mol. The molecule has 0 aliphatic rings. The summed E-state index contributed by atoms with van der Waals surface area (Å²) in [6.45, 7) is 1.94. The number of urea groups is 1. The number of rotatable bonds is 5. The van der Waals surface area contributed by atoms with Crippen molar-refractivity contribution in [1.82, 2.24) is 15.5 Å². The summed E-state index contributed by atoms with van der Waals surface area (Å²) in [5.74, 6) is -0.408. The Bertz CT molecular complexity index is 528. The van der Waals surface area contributed by atoms with Crippen molar-refractivity contribution < 1.29 is 14.4 Å². The summed E-state index contributed by atoms with van der Waals surface area (Å²) < 4.78 is 0. The lowest BCUT2D eigenvalue weighted by Gasteiger charge is -2.21. The molecule has 0 fully saturated rings. The Kier molecular flexibility index (Phi) is 5.71. The third kappa shape index (κ3) is 4.79. The molecule has 1 atom stereocenters. The van der Waals surface area contributed by atoms with E-state index >= 15 is 0 Å². The number of carbonyl (C=O) groups is 3. The van der Waals surface area contributed by atoms with Gasteiger partial charge < -0.3 is 21.3 Å². The average molecular weight is 292 g/mol. The highest BCUT2D eigenvalue weighted by Crippen LogP contribution is 2.07. The SMILES string of the molecule is CNC(=O)c1ccc(CN(C)C(=O)[C@H](C)NC(N)=O)cc1. The fourth-order valence-electron chi connectivity index (χ4n) is 1.86. The minimum Gasteiger partial charge on any atom is -0.355 e. The molecular formula is C14H20N4O3. The van der Waals surface area contributed by atoms with Crippen molar-refractivity contribution in [2.45, 2.75) is 19.5 Å². The molecule has 7 heteroatoms. The van der Waals surface area contributed by atoms with E-state index in [0.29, 0.717) is 12.1 Å². The van der Waals surface area contributed by atoms with E-state index < -0.39 is 12.1 Å². The maximum atomic E-state index is 12.0. The van der Waals surface area contributed by atoms with Gasteiger partial charge in [0.25, 0.3) is 5.91 Å². The molecule has 21 heavy (non-hydrogen) atoms. The average Bonchev–Trinajstić information content (AvgIpc) is 2.45. The summed E-state index contributed by atoms with van der Waals surface area (Å²) >= 11 is 0. The first-order valence-electron chi connectivity index (χ1n) is 6.47. The Morgan fingerprint density at radius 3 is 2.29 bits per heavy atom. The van der Waals surface area contributed by atoms with Gasteiger partial charge in [-0.15, -0.1) is 0 Å². The summed E-state index contributed by atoms with van der Waals surface area (Å²) in [7, 11) is 3.20. The van der Waals surface area contributed by atoms with E-state index in [1.807, 2.05) is 0 Å². The number of hydrogen-bond donors (Lipinski definition) is 3. The number of hydrogen-bond acceptors (Lipinski definition) is 3. The Hall–Kier alpha value is -2.57. The summed E-state index contributed by atoms with van der Waals surface area (Å²) in [5, 5.41) is 4.87. The van der Waals surface area contributed by atoms with E-state index in [-0.39, 0.29) is 11.8 Å². The van der Waals surface area contributed by atoms with E-state index in [9.17, 15) is 14.4 Å². The van der Waals surface area contributed by atoms with Gasteiger partial charge in [0, 0.05) is 26.2 Å². The lowest BCUT2D eigenvalue weighted by molar-refractivity contribution is -0.132. The number of likely N-dealkylation sites (N-methyl/N-ethyl adjacent to an activating group) is 1. The highest BCUT2D eigenvalue weighted by Gasteiger charge is 2.18. The molecule has 0 aliphatic carbocycles. The maximum Gasteiger partial charge on any atom is 0.312 e. The second-order valence-electron chi connectivity index (χ2n) is 4.70. The molecule has 0 heterocycles. The van der Waals surface area contributed by atoms with Gasteiger partial charge in [-0.25, -0.2) is 4.79 Å². The number of primary amides is 1. The van der Waals surface area contributed by atoms with Gasteiger partial charge in [-0.1, -0.05) is 12.1 Å². The van der Waals surface area contributed by atoms with E-state index in [1.165, 1.54) is 4.90 Å².